The van der Waals surface area contributed by atoms with Crippen LogP contribution in [0.5, 0.6) is 0 Å². The topological polar surface area (TPSA) is 45.7 Å². The molecule has 2 saturated heterocycles. The molecule has 20 heavy (non-hydrogen) atoms. The molecule has 1 amide bonds. The molecule has 3 heterocycles. The van der Waals surface area contributed by atoms with Gasteiger partial charge in [0.05, 0.1) is 0 Å². The first-order valence-electron chi connectivity index (χ1n) is 7.14. The lowest BCUT2D eigenvalue weighted by Crippen LogP contribution is -2.35. The van der Waals surface area contributed by atoms with Crippen LogP contribution in [0.3, 0.4) is 0 Å². The van der Waals surface area contributed by atoms with E-state index in [0.29, 0.717) is 11.8 Å². The van der Waals surface area contributed by atoms with Crippen molar-refractivity contribution >= 4 is 5.91 Å². The van der Waals surface area contributed by atoms with E-state index in [-0.39, 0.29) is 12.5 Å². The summed E-state index contributed by atoms with van der Waals surface area (Å²) in [7, 11) is 1.57. The van der Waals surface area contributed by atoms with Crippen LogP contribution >= 0.6 is 0 Å². The number of likely N-dealkylation sites (tertiary alicyclic amines) is 2. The third-order valence-corrected chi connectivity index (χ3v) is 4.31. The second-order valence-electron chi connectivity index (χ2n) is 5.81. The van der Waals surface area contributed by atoms with Gasteiger partial charge in [0.1, 0.15) is 6.61 Å². The number of pyridine rings is 1. The number of hydrogen-bond donors (Lipinski definition) is 0. The van der Waals surface area contributed by atoms with Crippen molar-refractivity contribution in [3.8, 4) is 0 Å². The molecule has 2 fully saturated rings. The van der Waals surface area contributed by atoms with E-state index >= 15 is 0 Å². The van der Waals surface area contributed by atoms with Crippen LogP contribution < -0.4 is 0 Å². The molecule has 0 aliphatic carbocycles. The molecular weight excluding hydrogens is 254 g/mol. The minimum absolute atomic E-state index is 0.126. The van der Waals surface area contributed by atoms with Gasteiger partial charge in [-0.15, -0.1) is 0 Å². The van der Waals surface area contributed by atoms with E-state index in [9.17, 15) is 4.79 Å². The summed E-state index contributed by atoms with van der Waals surface area (Å²) in [5.74, 6) is 1.36. The van der Waals surface area contributed by atoms with Gasteiger partial charge >= 0.3 is 0 Å². The van der Waals surface area contributed by atoms with Gasteiger partial charge in [0.25, 0.3) is 0 Å². The molecule has 2 aliphatic heterocycles. The van der Waals surface area contributed by atoms with Crippen molar-refractivity contribution in [2.75, 3.05) is 39.9 Å². The maximum Gasteiger partial charge on any atom is 0.248 e. The van der Waals surface area contributed by atoms with Crippen molar-refractivity contribution in [1.29, 1.82) is 0 Å². The number of fused-ring (bicyclic) bond motifs is 1. The summed E-state index contributed by atoms with van der Waals surface area (Å²) in [5, 5.41) is 0. The van der Waals surface area contributed by atoms with E-state index in [1.807, 2.05) is 23.4 Å². The van der Waals surface area contributed by atoms with Gasteiger partial charge in [-0.05, 0) is 23.5 Å². The molecular formula is C15H21N3O2. The van der Waals surface area contributed by atoms with Gasteiger partial charge < -0.3 is 9.64 Å². The molecule has 5 nitrogen and oxygen atoms in total. The van der Waals surface area contributed by atoms with Crippen molar-refractivity contribution in [2.24, 2.45) is 11.8 Å². The Bertz CT molecular complexity index is 451. The number of amides is 1. The highest BCUT2D eigenvalue weighted by Crippen LogP contribution is 2.31. The maximum atomic E-state index is 11.8. The lowest BCUT2D eigenvalue weighted by atomic mass is 10.0. The van der Waals surface area contributed by atoms with Crippen LogP contribution in [0.2, 0.25) is 0 Å². The average Bonchev–Trinajstić information content (AvgIpc) is 2.98. The molecule has 0 saturated carbocycles. The Hall–Kier alpha value is -1.46. The quantitative estimate of drug-likeness (QED) is 0.808. The van der Waals surface area contributed by atoms with Crippen LogP contribution in [0, 0.1) is 11.8 Å². The second-order valence-corrected chi connectivity index (χ2v) is 5.81. The molecule has 5 heteroatoms. The van der Waals surface area contributed by atoms with Gasteiger partial charge in [-0.3, -0.25) is 14.7 Å². The first-order chi connectivity index (χ1) is 9.76. The first kappa shape index (κ1) is 13.5. The molecule has 0 bridgehead atoms. The highest BCUT2D eigenvalue weighted by atomic mass is 16.5. The van der Waals surface area contributed by atoms with Crippen molar-refractivity contribution in [3.05, 3.63) is 30.1 Å². The molecule has 1 aromatic rings. The minimum Gasteiger partial charge on any atom is -0.375 e. The molecule has 1 aromatic heterocycles. The van der Waals surface area contributed by atoms with E-state index in [0.717, 1.165) is 32.7 Å². The van der Waals surface area contributed by atoms with Gasteiger partial charge in [0.2, 0.25) is 5.91 Å². The summed E-state index contributed by atoms with van der Waals surface area (Å²) < 4.78 is 4.93. The van der Waals surface area contributed by atoms with Gasteiger partial charge in [-0.2, -0.15) is 0 Å². The number of aromatic nitrogens is 1. The molecule has 0 unspecified atom stereocenters. The van der Waals surface area contributed by atoms with Gasteiger partial charge in [0, 0.05) is 52.2 Å². The third-order valence-electron chi connectivity index (χ3n) is 4.31. The fourth-order valence-electron chi connectivity index (χ4n) is 3.39. The average molecular weight is 275 g/mol. The van der Waals surface area contributed by atoms with E-state index in [1.165, 1.54) is 5.56 Å². The number of carbonyl (C=O) groups excluding carboxylic acids is 1. The SMILES string of the molecule is COCC(=O)N1C[C@H]2CN(Cc3cccnc3)C[C@@H]2C1. The summed E-state index contributed by atoms with van der Waals surface area (Å²) in [6, 6.07) is 4.10. The highest BCUT2D eigenvalue weighted by Gasteiger charge is 2.41. The predicted octanol–water partition coefficient (Wildman–Crippen LogP) is 0.618. The molecule has 0 radical (unpaired) electrons. The lowest BCUT2D eigenvalue weighted by molar-refractivity contribution is -0.134. The first-order valence-corrected chi connectivity index (χ1v) is 7.14. The van der Waals surface area contributed by atoms with Crippen LogP contribution in [0.25, 0.3) is 0 Å². The smallest absolute Gasteiger partial charge is 0.248 e. The molecule has 0 N–H and O–H groups in total. The fraction of sp³-hybridized carbons (Fsp3) is 0.600. The Kier molecular flexibility index (Phi) is 3.98. The van der Waals surface area contributed by atoms with Crippen molar-refractivity contribution < 1.29 is 9.53 Å². The standard InChI is InChI=1S/C15H21N3O2/c1-20-11-15(19)18-9-13-7-17(8-14(13)10-18)6-12-3-2-4-16-5-12/h2-5,13-14H,6-11H2,1H3/t13-,14-/m1/s1. The molecule has 0 aromatic carbocycles. The van der Waals surface area contributed by atoms with E-state index in [1.54, 1.807) is 7.11 Å². The monoisotopic (exact) mass is 275 g/mol. The molecule has 3 rings (SSSR count). The summed E-state index contributed by atoms with van der Waals surface area (Å²) in [4.78, 5) is 20.4. The summed E-state index contributed by atoms with van der Waals surface area (Å²) in [6.07, 6.45) is 3.74. The molecule has 2 atom stereocenters. The highest BCUT2D eigenvalue weighted by molar-refractivity contribution is 5.77. The van der Waals surface area contributed by atoms with E-state index in [4.69, 9.17) is 4.74 Å². The van der Waals surface area contributed by atoms with Crippen molar-refractivity contribution in [3.63, 3.8) is 0 Å². The zero-order valence-electron chi connectivity index (χ0n) is 11.9. The summed E-state index contributed by atoms with van der Waals surface area (Å²) in [5.41, 5.74) is 1.26. The van der Waals surface area contributed by atoms with Crippen LogP contribution in [-0.4, -0.2) is 60.6 Å². The number of carbonyl (C=O) groups is 1. The van der Waals surface area contributed by atoms with E-state index in [2.05, 4.69) is 16.0 Å². The number of methoxy groups -OCH3 is 1. The maximum absolute atomic E-state index is 11.8. The van der Waals surface area contributed by atoms with Gasteiger partial charge in [-0.25, -0.2) is 0 Å². The molecule has 108 valence electrons. The zero-order chi connectivity index (χ0) is 13.9. The van der Waals surface area contributed by atoms with E-state index < -0.39 is 0 Å². The summed E-state index contributed by atoms with van der Waals surface area (Å²) in [6.45, 7) is 5.10. The molecule has 2 aliphatic rings. The Balaban J connectivity index is 1.52. The second kappa shape index (κ2) is 5.89. The Morgan fingerprint density at radius 1 is 1.35 bits per heavy atom. The van der Waals surface area contributed by atoms with Gasteiger partial charge in [0.15, 0.2) is 0 Å². The normalized spacial score (nSPS) is 25.9. The van der Waals surface area contributed by atoms with Crippen LogP contribution in [0.1, 0.15) is 5.56 Å². The Morgan fingerprint density at radius 2 is 2.10 bits per heavy atom. The summed E-state index contributed by atoms with van der Waals surface area (Å²) >= 11 is 0. The number of hydrogen-bond acceptors (Lipinski definition) is 4. The third kappa shape index (κ3) is 2.83. The predicted molar refractivity (Wildman–Crippen MR) is 75.0 cm³/mol. The Morgan fingerprint density at radius 3 is 2.70 bits per heavy atom. The fourth-order valence-corrected chi connectivity index (χ4v) is 3.39. The Labute approximate surface area is 119 Å². The number of ether oxygens (including phenoxy) is 1. The van der Waals surface area contributed by atoms with Gasteiger partial charge in [-0.1, -0.05) is 6.07 Å². The van der Waals surface area contributed by atoms with Crippen LogP contribution in [0.4, 0.5) is 0 Å². The van der Waals surface area contributed by atoms with Crippen LogP contribution in [-0.2, 0) is 16.1 Å². The largest absolute Gasteiger partial charge is 0.375 e. The minimum atomic E-state index is 0.126. The zero-order valence-corrected chi connectivity index (χ0v) is 11.9. The lowest BCUT2D eigenvalue weighted by Gasteiger charge is -2.21. The number of rotatable bonds is 4. The molecule has 0 spiro atoms. The number of nitrogens with zero attached hydrogens (tertiary/aromatic N) is 3. The van der Waals surface area contributed by atoms with Crippen molar-refractivity contribution in [2.45, 2.75) is 6.54 Å². The van der Waals surface area contributed by atoms with Crippen molar-refractivity contribution in [1.82, 2.24) is 14.8 Å². The van der Waals surface area contributed by atoms with Crippen LogP contribution in [0.15, 0.2) is 24.5 Å².